The maximum atomic E-state index is 6.43. The summed E-state index contributed by atoms with van der Waals surface area (Å²) < 4.78 is 1.04. The van der Waals surface area contributed by atoms with Crippen LogP contribution in [0.15, 0.2) is 22.7 Å². The first-order valence-electron chi connectivity index (χ1n) is 8.08. The average Bonchev–Trinajstić information content (AvgIpc) is 2.91. The van der Waals surface area contributed by atoms with Crippen LogP contribution in [0.5, 0.6) is 0 Å². The van der Waals surface area contributed by atoms with E-state index in [0.29, 0.717) is 6.04 Å². The minimum absolute atomic E-state index is 0.341. The first-order valence-corrected chi connectivity index (χ1v) is 9.25. The molecule has 0 amide bonds. The van der Waals surface area contributed by atoms with Crippen LogP contribution in [0.25, 0.3) is 0 Å². The molecule has 0 spiro atoms. The van der Waals surface area contributed by atoms with Crippen LogP contribution < -0.4 is 5.32 Å². The molecule has 0 bridgehead atoms. The summed E-state index contributed by atoms with van der Waals surface area (Å²) in [6.45, 7) is 7.84. The fourth-order valence-corrected chi connectivity index (χ4v) is 4.15. The standard InChI is InChI=1S/C17H26BrClN2/c1-3-14-6-5-10-21(14)11-9-17(20-4-2)15-8-7-13(18)12-16(15)19/h7-8,12,14,17,20H,3-6,9-11H2,1-2H3. The summed E-state index contributed by atoms with van der Waals surface area (Å²) in [5, 5.41) is 4.44. The van der Waals surface area contributed by atoms with Gasteiger partial charge < -0.3 is 10.2 Å². The summed E-state index contributed by atoms with van der Waals surface area (Å²) in [5.41, 5.74) is 1.22. The Morgan fingerprint density at radius 3 is 2.90 bits per heavy atom. The first-order chi connectivity index (χ1) is 10.2. The van der Waals surface area contributed by atoms with Gasteiger partial charge in [-0.2, -0.15) is 0 Å². The lowest BCUT2D eigenvalue weighted by atomic mass is 10.0. The number of likely N-dealkylation sites (tertiary alicyclic amines) is 1. The number of nitrogens with one attached hydrogen (secondary N) is 1. The lowest BCUT2D eigenvalue weighted by Crippen LogP contribution is -2.33. The number of hydrogen-bond acceptors (Lipinski definition) is 2. The molecule has 1 heterocycles. The molecule has 1 aromatic carbocycles. The van der Waals surface area contributed by atoms with E-state index in [2.05, 4.69) is 52.1 Å². The van der Waals surface area contributed by atoms with E-state index < -0.39 is 0 Å². The highest BCUT2D eigenvalue weighted by molar-refractivity contribution is 9.10. The number of hydrogen-bond donors (Lipinski definition) is 1. The zero-order valence-corrected chi connectivity index (χ0v) is 15.4. The predicted molar refractivity (Wildman–Crippen MR) is 95.1 cm³/mol. The minimum Gasteiger partial charge on any atom is -0.310 e. The van der Waals surface area contributed by atoms with E-state index in [9.17, 15) is 0 Å². The number of nitrogens with zero attached hydrogens (tertiary/aromatic N) is 1. The molecule has 2 nitrogen and oxygen atoms in total. The molecule has 2 rings (SSSR count). The Morgan fingerprint density at radius 1 is 1.43 bits per heavy atom. The van der Waals surface area contributed by atoms with Gasteiger partial charge in [-0.25, -0.2) is 0 Å². The molecular weight excluding hydrogens is 348 g/mol. The Balaban J connectivity index is 2.01. The highest BCUT2D eigenvalue weighted by Gasteiger charge is 2.24. The third-order valence-electron chi connectivity index (χ3n) is 4.46. The SMILES string of the molecule is CCNC(CCN1CCCC1CC)c1ccc(Br)cc1Cl. The van der Waals surface area contributed by atoms with Crippen LogP contribution in [0.4, 0.5) is 0 Å². The molecular formula is C17H26BrClN2. The Bertz CT molecular complexity index is 452. The van der Waals surface area contributed by atoms with Gasteiger partial charge in [0.2, 0.25) is 0 Å². The van der Waals surface area contributed by atoms with Crippen LogP contribution in [0.2, 0.25) is 5.02 Å². The first kappa shape index (κ1) is 17.3. The Hall–Kier alpha value is -0.0900. The van der Waals surface area contributed by atoms with Crippen LogP contribution in [0.3, 0.4) is 0 Å². The van der Waals surface area contributed by atoms with Gasteiger partial charge in [-0.3, -0.25) is 0 Å². The second-order valence-electron chi connectivity index (χ2n) is 5.81. The smallest absolute Gasteiger partial charge is 0.0465 e. The van der Waals surface area contributed by atoms with E-state index in [4.69, 9.17) is 11.6 Å². The summed E-state index contributed by atoms with van der Waals surface area (Å²) in [5.74, 6) is 0. The lowest BCUT2D eigenvalue weighted by molar-refractivity contribution is 0.234. The van der Waals surface area contributed by atoms with Gasteiger partial charge in [0, 0.05) is 28.1 Å². The molecule has 118 valence electrons. The zero-order chi connectivity index (χ0) is 15.2. The zero-order valence-electron chi connectivity index (χ0n) is 13.0. The van der Waals surface area contributed by atoms with Crippen molar-refractivity contribution in [2.24, 2.45) is 0 Å². The van der Waals surface area contributed by atoms with Gasteiger partial charge in [0.15, 0.2) is 0 Å². The van der Waals surface area contributed by atoms with Crippen molar-refractivity contribution >= 4 is 27.5 Å². The van der Waals surface area contributed by atoms with Gasteiger partial charge in [-0.1, -0.05) is 47.4 Å². The molecule has 21 heavy (non-hydrogen) atoms. The molecule has 2 atom stereocenters. The van der Waals surface area contributed by atoms with Crippen molar-refractivity contribution in [3.05, 3.63) is 33.3 Å². The average molecular weight is 374 g/mol. The van der Waals surface area contributed by atoms with Gasteiger partial charge in [-0.05, 0) is 56.5 Å². The van der Waals surface area contributed by atoms with E-state index in [1.54, 1.807) is 0 Å². The second-order valence-corrected chi connectivity index (χ2v) is 7.13. The summed E-state index contributed by atoms with van der Waals surface area (Å²) in [4.78, 5) is 2.65. The Morgan fingerprint density at radius 2 is 2.24 bits per heavy atom. The van der Waals surface area contributed by atoms with Gasteiger partial charge in [0.05, 0.1) is 0 Å². The molecule has 0 saturated carbocycles. The number of halogens is 2. The quantitative estimate of drug-likeness (QED) is 0.722. The van der Waals surface area contributed by atoms with Crippen LogP contribution >= 0.6 is 27.5 Å². The fraction of sp³-hybridized carbons (Fsp3) is 0.647. The highest BCUT2D eigenvalue weighted by atomic mass is 79.9. The molecule has 4 heteroatoms. The topological polar surface area (TPSA) is 15.3 Å². The van der Waals surface area contributed by atoms with E-state index >= 15 is 0 Å². The summed E-state index contributed by atoms with van der Waals surface area (Å²) in [7, 11) is 0. The van der Waals surface area contributed by atoms with Gasteiger partial charge in [-0.15, -0.1) is 0 Å². The molecule has 1 saturated heterocycles. The number of rotatable bonds is 7. The van der Waals surface area contributed by atoms with Gasteiger partial charge in [0.1, 0.15) is 0 Å². The molecule has 1 fully saturated rings. The predicted octanol–water partition coefficient (Wildman–Crippen LogP) is 5.02. The maximum Gasteiger partial charge on any atom is 0.0465 e. The summed E-state index contributed by atoms with van der Waals surface area (Å²) in [6.07, 6.45) is 5.10. The van der Waals surface area contributed by atoms with Crippen molar-refractivity contribution in [3.8, 4) is 0 Å². The van der Waals surface area contributed by atoms with Crippen LogP contribution in [0.1, 0.15) is 51.1 Å². The van der Waals surface area contributed by atoms with Crippen molar-refractivity contribution in [2.45, 2.75) is 51.6 Å². The van der Waals surface area contributed by atoms with Gasteiger partial charge in [0.25, 0.3) is 0 Å². The van der Waals surface area contributed by atoms with Crippen LogP contribution in [-0.2, 0) is 0 Å². The van der Waals surface area contributed by atoms with E-state index in [1.165, 1.54) is 31.4 Å². The summed E-state index contributed by atoms with van der Waals surface area (Å²) in [6, 6.07) is 7.34. The van der Waals surface area contributed by atoms with E-state index in [0.717, 1.165) is 35.0 Å². The molecule has 2 unspecified atom stereocenters. The van der Waals surface area contributed by atoms with Crippen molar-refractivity contribution < 1.29 is 0 Å². The van der Waals surface area contributed by atoms with Crippen LogP contribution in [0, 0.1) is 0 Å². The normalized spacial score (nSPS) is 20.9. The number of benzene rings is 1. The van der Waals surface area contributed by atoms with Crippen molar-refractivity contribution in [1.29, 1.82) is 0 Å². The monoisotopic (exact) mass is 372 g/mol. The minimum atomic E-state index is 0.341. The van der Waals surface area contributed by atoms with E-state index in [1.807, 2.05) is 6.07 Å². The van der Waals surface area contributed by atoms with Crippen molar-refractivity contribution in [3.63, 3.8) is 0 Å². The molecule has 0 aliphatic carbocycles. The highest BCUT2D eigenvalue weighted by Crippen LogP contribution is 2.29. The fourth-order valence-electron chi connectivity index (χ4n) is 3.34. The molecule has 1 aromatic rings. The lowest BCUT2D eigenvalue weighted by Gasteiger charge is -2.27. The third-order valence-corrected chi connectivity index (χ3v) is 5.28. The molecule has 1 aliphatic heterocycles. The Labute approximate surface area is 142 Å². The van der Waals surface area contributed by atoms with Crippen LogP contribution in [-0.4, -0.2) is 30.6 Å². The summed E-state index contributed by atoms with van der Waals surface area (Å²) >= 11 is 9.91. The van der Waals surface area contributed by atoms with Crippen molar-refractivity contribution in [2.75, 3.05) is 19.6 Å². The second kappa shape index (κ2) is 8.52. The Kier molecular flexibility index (Phi) is 7.00. The molecule has 1 aliphatic rings. The molecule has 0 radical (unpaired) electrons. The molecule has 0 aromatic heterocycles. The van der Waals surface area contributed by atoms with Gasteiger partial charge >= 0.3 is 0 Å². The van der Waals surface area contributed by atoms with E-state index in [-0.39, 0.29) is 0 Å². The van der Waals surface area contributed by atoms with Crippen molar-refractivity contribution in [1.82, 2.24) is 10.2 Å². The largest absolute Gasteiger partial charge is 0.310 e. The molecule has 1 N–H and O–H groups in total. The third kappa shape index (κ3) is 4.69. The maximum absolute atomic E-state index is 6.43.